The molecule has 0 aliphatic rings. The zero-order valence-corrected chi connectivity index (χ0v) is 27.9. The van der Waals surface area contributed by atoms with Crippen LogP contribution in [-0.2, 0) is 4.79 Å². The van der Waals surface area contributed by atoms with Gasteiger partial charge in [-0.25, -0.2) is 4.98 Å². The van der Waals surface area contributed by atoms with Crippen molar-refractivity contribution in [2.75, 3.05) is 18.5 Å². The fourth-order valence-electron chi connectivity index (χ4n) is 5.12. The van der Waals surface area contributed by atoms with Gasteiger partial charge in [-0.15, -0.1) is 0 Å². The Balaban J connectivity index is 1.53. The molecule has 0 aliphatic heterocycles. The molecule has 11 nitrogen and oxygen atoms in total. The first-order chi connectivity index (χ1) is 23.0. The summed E-state index contributed by atoms with van der Waals surface area (Å²) in [5.41, 5.74) is 3.85. The molecule has 0 radical (unpaired) electrons. The minimum Gasteiger partial charge on any atom is -0.494 e. The summed E-state index contributed by atoms with van der Waals surface area (Å²) in [5.74, 6) is 0.374. The van der Waals surface area contributed by atoms with E-state index >= 15 is 0 Å². The lowest BCUT2D eigenvalue weighted by Crippen LogP contribution is -2.21. The average Bonchev–Trinajstić information content (AvgIpc) is 3.04. The first-order valence-corrected chi connectivity index (χ1v) is 15.7. The van der Waals surface area contributed by atoms with Crippen molar-refractivity contribution in [3.63, 3.8) is 0 Å². The smallest absolute Gasteiger partial charge is 0.313 e. The number of anilines is 1. The molecule has 1 heterocycles. The molecule has 0 atom stereocenters. The van der Waals surface area contributed by atoms with Crippen LogP contribution in [0.25, 0.3) is 22.3 Å². The number of amides is 1. The van der Waals surface area contributed by atoms with Crippen LogP contribution < -0.4 is 20.3 Å². The summed E-state index contributed by atoms with van der Waals surface area (Å²) < 4.78 is 12.6. The SMILES string of the molecule is CCOc1cc(C)c(-c2nc3ccccc3c(=O)n2N=Cc2cc(Cl)c(OCC(=O)Nc3ccc(C)cc3)c([N+](=O)[O-])c2)cc1C(C)C. The summed E-state index contributed by atoms with van der Waals surface area (Å²) in [5, 5.41) is 19.4. The van der Waals surface area contributed by atoms with Crippen molar-refractivity contribution in [2.45, 2.75) is 40.5 Å². The number of carbonyl (C=O) groups excluding carboxylic acids is 1. The van der Waals surface area contributed by atoms with Gasteiger partial charge in [0.05, 0.1) is 33.7 Å². The van der Waals surface area contributed by atoms with Gasteiger partial charge in [0.25, 0.3) is 11.5 Å². The number of nitro benzene ring substituents is 1. The van der Waals surface area contributed by atoms with Crippen molar-refractivity contribution in [3.8, 4) is 22.9 Å². The van der Waals surface area contributed by atoms with E-state index in [2.05, 4.69) is 24.3 Å². The molecule has 5 rings (SSSR count). The lowest BCUT2D eigenvalue weighted by atomic mass is 9.96. The van der Waals surface area contributed by atoms with Crippen molar-refractivity contribution in [3.05, 3.63) is 121 Å². The molecule has 0 bridgehead atoms. The summed E-state index contributed by atoms with van der Waals surface area (Å²) in [6, 6.07) is 20.6. The van der Waals surface area contributed by atoms with Gasteiger partial charge in [0.15, 0.2) is 12.4 Å². The quantitative estimate of drug-likeness (QED) is 0.0867. The highest BCUT2D eigenvalue weighted by atomic mass is 35.5. The van der Waals surface area contributed by atoms with Crippen molar-refractivity contribution >= 4 is 46.0 Å². The minimum absolute atomic E-state index is 0.109. The molecular formula is C36H34ClN5O6. The van der Waals surface area contributed by atoms with Gasteiger partial charge in [-0.3, -0.25) is 19.7 Å². The summed E-state index contributed by atoms with van der Waals surface area (Å²) >= 11 is 6.45. The fourth-order valence-corrected chi connectivity index (χ4v) is 5.40. The standard InChI is InChI=1S/C36H34ClN5O6/c1-6-47-32-15-23(5)28(18-27(32)21(2)3)35-40-30-10-8-7-9-26(30)36(44)41(35)38-19-24-16-29(37)34(31(17-24)42(45)46)48-20-33(43)39-25-13-11-22(4)12-14-25/h7-19,21H,6,20H2,1-5H3,(H,39,43). The first-order valence-electron chi connectivity index (χ1n) is 15.3. The number of ether oxygens (including phenoxy) is 2. The van der Waals surface area contributed by atoms with E-state index < -0.39 is 28.7 Å². The van der Waals surface area contributed by atoms with E-state index in [-0.39, 0.29) is 28.1 Å². The monoisotopic (exact) mass is 667 g/mol. The van der Waals surface area contributed by atoms with Crippen LogP contribution in [0.2, 0.25) is 5.02 Å². The molecule has 12 heteroatoms. The van der Waals surface area contributed by atoms with Gasteiger partial charge in [-0.2, -0.15) is 9.78 Å². The molecular weight excluding hydrogens is 634 g/mol. The normalized spacial score (nSPS) is 11.3. The molecule has 0 spiro atoms. The van der Waals surface area contributed by atoms with Crippen LogP contribution in [0.5, 0.6) is 11.5 Å². The lowest BCUT2D eigenvalue weighted by Gasteiger charge is -2.18. The Labute approximate surface area is 282 Å². The second kappa shape index (κ2) is 14.5. The average molecular weight is 668 g/mol. The number of rotatable bonds is 11. The second-order valence-electron chi connectivity index (χ2n) is 11.4. The number of halogens is 1. The van der Waals surface area contributed by atoms with Crippen LogP contribution in [-0.4, -0.2) is 39.9 Å². The highest BCUT2D eigenvalue weighted by Gasteiger charge is 2.22. The highest BCUT2D eigenvalue weighted by molar-refractivity contribution is 6.32. The van der Waals surface area contributed by atoms with Gasteiger partial charge in [0, 0.05) is 22.9 Å². The second-order valence-corrected chi connectivity index (χ2v) is 11.8. The van der Waals surface area contributed by atoms with Crippen LogP contribution in [0, 0.1) is 24.0 Å². The predicted molar refractivity (Wildman–Crippen MR) is 188 cm³/mol. The van der Waals surface area contributed by atoms with Crippen molar-refractivity contribution in [2.24, 2.45) is 5.10 Å². The zero-order valence-electron chi connectivity index (χ0n) is 27.1. The van der Waals surface area contributed by atoms with E-state index in [1.807, 2.05) is 45.0 Å². The van der Waals surface area contributed by atoms with Gasteiger partial charge in [0.1, 0.15) is 5.75 Å². The summed E-state index contributed by atoms with van der Waals surface area (Å²) in [6.45, 7) is 9.84. The Bertz CT molecular complexity index is 2110. The number of hydrogen-bond acceptors (Lipinski definition) is 8. The van der Waals surface area contributed by atoms with E-state index in [4.69, 9.17) is 26.1 Å². The van der Waals surface area contributed by atoms with Gasteiger partial charge in [-0.1, -0.05) is 55.3 Å². The van der Waals surface area contributed by atoms with Crippen molar-refractivity contribution in [1.82, 2.24) is 9.66 Å². The number of nitrogens with zero attached hydrogens (tertiary/aromatic N) is 4. The Morgan fingerprint density at radius 3 is 2.50 bits per heavy atom. The van der Waals surface area contributed by atoms with E-state index in [0.29, 0.717) is 28.8 Å². The number of nitro groups is 1. The van der Waals surface area contributed by atoms with Crippen LogP contribution in [0.4, 0.5) is 11.4 Å². The molecule has 246 valence electrons. The van der Waals surface area contributed by atoms with E-state index in [0.717, 1.165) is 22.4 Å². The van der Waals surface area contributed by atoms with Crippen molar-refractivity contribution in [1.29, 1.82) is 0 Å². The fraction of sp³-hybridized carbons (Fsp3) is 0.222. The summed E-state index contributed by atoms with van der Waals surface area (Å²) in [6.07, 6.45) is 1.29. The number of para-hydroxylation sites is 1. The molecule has 0 aliphatic carbocycles. The van der Waals surface area contributed by atoms with Crippen LogP contribution in [0.3, 0.4) is 0 Å². The summed E-state index contributed by atoms with van der Waals surface area (Å²) in [4.78, 5) is 42.5. The maximum Gasteiger partial charge on any atom is 0.313 e. The van der Waals surface area contributed by atoms with Crippen LogP contribution in [0.15, 0.2) is 82.7 Å². The number of carbonyl (C=O) groups is 1. The number of fused-ring (bicyclic) bond motifs is 1. The molecule has 0 saturated carbocycles. The minimum atomic E-state index is -0.664. The molecule has 0 fully saturated rings. The van der Waals surface area contributed by atoms with Crippen LogP contribution >= 0.6 is 11.6 Å². The Hall–Kier alpha value is -5.55. The van der Waals surface area contributed by atoms with E-state index in [1.54, 1.807) is 36.4 Å². The predicted octanol–water partition coefficient (Wildman–Crippen LogP) is 7.66. The summed E-state index contributed by atoms with van der Waals surface area (Å²) in [7, 11) is 0. The Kier molecular flexibility index (Phi) is 10.2. The Morgan fingerprint density at radius 1 is 1.08 bits per heavy atom. The first kappa shape index (κ1) is 33.8. The third-order valence-electron chi connectivity index (χ3n) is 7.52. The number of benzene rings is 4. The maximum absolute atomic E-state index is 13.8. The molecule has 48 heavy (non-hydrogen) atoms. The van der Waals surface area contributed by atoms with E-state index in [9.17, 15) is 19.7 Å². The Morgan fingerprint density at radius 2 is 1.81 bits per heavy atom. The number of aromatic nitrogens is 2. The molecule has 0 saturated heterocycles. The van der Waals surface area contributed by atoms with Gasteiger partial charge >= 0.3 is 5.69 Å². The van der Waals surface area contributed by atoms with Crippen LogP contribution in [0.1, 0.15) is 48.9 Å². The third-order valence-corrected chi connectivity index (χ3v) is 7.80. The van der Waals surface area contributed by atoms with Gasteiger partial charge < -0.3 is 14.8 Å². The topological polar surface area (TPSA) is 138 Å². The maximum atomic E-state index is 13.8. The van der Waals surface area contributed by atoms with E-state index in [1.165, 1.54) is 23.0 Å². The molecule has 4 aromatic carbocycles. The number of aryl methyl sites for hydroxylation is 2. The molecule has 0 unspecified atom stereocenters. The molecule has 1 amide bonds. The van der Waals surface area contributed by atoms with Gasteiger partial charge in [-0.05, 0) is 80.3 Å². The molecule has 1 aromatic heterocycles. The van der Waals surface area contributed by atoms with Gasteiger partial charge in [0.2, 0.25) is 5.75 Å². The molecule has 5 aromatic rings. The van der Waals surface area contributed by atoms with Crippen molar-refractivity contribution < 1.29 is 19.2 Å². The molecule has 1 N–H and O–H groups in total. The number of hydrogen-bond donors (Lipinski definition) is 1. The lowest BCUT2D eigenvalue weighted by molar-refractivity contribution is -0.385. The zero-order chi connectivity index (χ0) is 34.5. The largest absolute Gasteiger partial charge is 0.494 e. The number of nitrogens with one attached hydrogen (secondary N) is 1. The highest BCUT2D eigenvalue weighted by Crippen LogP contribution is 2.37. The third kappa shape index (κ3) is 7.37.